The maximum Gasteiger partial charge on any atom is 0.370 e. The van der Waals surface area contributed by atoms with Crippen LogP contribution in [0.2, 0.25) is 0 Å². The Balaban J connectivity index is 3.76. The first-order valence-electron chi connectivity index (χ1n) is 4.31. The summed E-state index contributed by atoms with van der Waals surface area (Å²) < 4.78 is 1.39. The molecule has 0 unspecified atom stereocenters. The molecule has 0 saturated heterocycles. The van der Waals surface area contributed by atoms with Gasteiger partial charge in [-0.05, 0) is 6.92 Å². The van der Waals surface area contributed by atoms with Gasteiger partial charge in [0.1, 0.15) is 0 Å². The Kier molecular flexibility index (Phi) is 2.93. The van der Waals surface area contributed by atoms with Gasteiger partial charge in [-0.25, -0.2) is 23.5 Å². The van der Waals surface area contributed by atoms with Gasteiger partial charge in [0.25, 0.3) is 0 Å². The second-order valence-corrected chi connectivity index (χ2v) is 2.80. The Morgan fingerprint density at radius 1 is 1.20 bits per heavy atom. The molecule has 0 aliphatic carbocycles. The van der Waals surface area contributed by atoms with E-state index >= 15 is 0 Å². The lowest BCUT2D eigenvalue weighted by molar-refractivity contribution is 0.140. The van der Waals surface area contributed by atoms with Gasteiger partial charge in [-0.15, -0.1) is 6.58 Å². The first-order chi connectivity index (χ1) is 7.04. The van der Waals surface area contributed by atoms with E-state index in [2.05, 4.69) is 6.58 Å². The van der Waals surface area contributed by atoms with Crippen LogP contribution in [-0.4, -0.2) is 19.1 Å². The summed E-state index contributed by atoms with van der Waals surface area (Å²) in [5.74, 6) is 0. The van der Waals surface area contributed by atoms with E-state index in [0.29, 0.717) is 0 Å². The minimum absolute atomic E-state index is 0.0570. The van der Waals surface area contributed by atoms with E-state index in [1.54, 1.807) is 6.92 Å². The molecule has 0 amide bonds. The second kappa shape index (κ2) is 3.99. The van der Waals surface area contributed by atoms with E-state index in [1.165, 1.54) is 6.08 Å². The molecular formula is C8H11N3O4. The lowest BCUT2D eigenvalue weighted by Gasteiger charge is -2.06. The summed E-state index contributed by atoms with van der Waals surface area (Å²) in [6.07, 6.45) is 1.33. The highest BCUT2D eigenvalue weighted by Crippen LogP contribution is 1.73. The first kappa shape index (κ1) is 11.0. The van der Waals surface area contributed by atoms with Crippen LogP contribution in [0, 0.1) is 0 Å². The second-order valence-electron chi connectivity index (χ2n) is 2.80. The molecule has 0 fully saturated rings. The van der Waals surface area contributed by atoms with Crippen LogP contribution in [0.5, 0.6) is 0 Å². The smallest absolute Gasteiger partial charge is 0.370 e. The van der Waals surface area contributed by atoms with E-state index in [0.717, 1.165) is 9.13 Å². The molecule has 0 spiro atoms. The standard InChI is InChI=1S/C8H11N3O4/c1-3-5-10-6(12)9(4-2)7(13)11(15)8(10)14/h3,15H,1,4-5H2,2H3. The highest BCUT2D eigenvalue weighted by atomic mass is 16.5. The Morgan fingerprint density at radius 2 is 1.73 bits per heavy atom. The summed E-state index contributed by atoms with van der Waals surface area (Å²) in [6, 6.07) is 0. The van der Waals surface area contributed by atoms with Crippen molar-refractivity contribution >= 4 is 0 Å². The van der Waals surface area contributed by atoms with Gasteiger partial charge in [0, 0.05) is 6.54 Å². The Morgan fingerprint density at radius 3 is 2.20 bits per heavy atom. The highest BCUT2D eigenvalue weighted by molar-refractivity contribution is 4.79. The van der Waals surface area contributed by atoms with E-state index in [-0.39, 0.29) is 17.8 Å². The molecule has 1 aromatic rings. The van der Waals surface area contributed by atoms with Gasteiger partial charge in [0.15, 0.2) is 0 Å². The van der Waals surface area contributed by atoms with Crippen molar-refractivity contribution in [1.82, 2.24) is 13.9 Å². The molecule has 7 nitrogen and oxygen atoms in total. The third kappa shape index (κ3) is 1.63. The zero-order chi connectivity index (χ0) is 11.6. The molecule has 1 aromatic heterocycles. The predicted octanol–water partition coefficient (Wildman–Crippen LogP) is -1.39. The van der Waals surface area contributed by atoms with Gasteiger partial charge in [0.2, 0.25) is 0 Å². The molecule has 1 N–H and O–H groups in total. The summed E-state index contributed by atoms with van der Waals surface area (Å²) >= 11 is 0. The van der Waals surface area contributed by atoms with Gasteiger partial charge < -0.3 is 5.21 Å². The Bertz CT molecular complexity index is 548. The molecule has 1 rings (SSSR count). The molecule has 0 saturated carbocycles. The van der Waals surface area contributed by atoms with Gasteiger partial charge in [-0.2, -0.15) is 0 Å². The van der Waals surface area contributed by atoms with Gasteiger partial charge in [-0.3, -0.25) is 0 Å². The fourth-order valence-electron chi connectivity index (χ4n) is 1.18. The van der Waals surface area contributed by atoms with E-state index in [4.69, 9.17) is 5.21 Å². The van der Waals surface area contributed by atoms with Crippen LogP contribution in [0.15, 0.2) is 27.0 Å². The van der Waals surface area contributed by atoms with Crippen LogP contribution in [0.4, 0.5) is 0 Å². The summed E-state index contributed by atoms with van der Waals surface area (Å²) in [6.45, 7) is 4.95. The molecule has 0 aromatic carbocycles. The van der Waals surface area contributed by atoms with Crippen molar-refractivity contribution in [2.24, 2.45) is 0 Å². The van der Waals surface area contributed by atoms with Crippen LogP contribution in [-0.2, 0) is 13.1 Å². The molecular weight excluding hydrogens is 202 g/mol. The van der Waals surface area contributed by atoms with Crippen LogP contribution < -0.4 is 17.1 Å². The number of hydrogen-bond donors (Lipinski definition) is 1. The molecule has 1 heterocycles. The van der Waals surface area contributed by atoms with Crippen molar-refractivity contribution in [3.63, 3.8) is 0 Å². The number of hydrogen-bond acceptors (Lipinski definition) is 4. The molecule has 0 radical (unpaired) electrons. The number of allylic oxidation sites excluding steroid dienone is 1. The van der Waals surface area contributed by atoms with Crippen LogP contribution in [0.25, 0.3) is 0 Å². The van der Waals surface area contributed by atoms with Gasteiger partial charge in [-0.1, -0.05) is 10.8 Å². The molecule has 0 bridgehead atoms. The topological polar surface area (TPSA) is 86.2 Å². The zero-order valence-electron chi connectivity index (χ0n) is 8.21. The first-order valence-corrected chi connectivity index (χ1v) is 4.31. The fraction of sp³-hybridized carbons (Fsp3) is 0.375. The average molecular weight is 213 g/mol. The number of nitrogens with zero attached hydrogens (tertiary/aromatic N) is 3. The Labute approximate surface area is 84.1 Å². The summed E-state index contributed by atoms with van der Waals surface area (Å²) in [5.41, 5.74) is -2.85. The summed E-state index contributed by atoms with van der Waals surface area (Å²) in [5, 5.41) is 9.13. The molecule has 7 heteroatoms. The zero-order valence-corrected chi connectivity index (χ0v) is 8.21. The Hall–Kier alpha value is -2.05. The van der Waals surface area contributed by atoms with Crippen LogP contribution >= 0.6 is 0 Å². The molecule has 82 valence electrons. The van der Waals surface area contributed by atoms with Crippen molar-refractivity contribution in [3.8, 4) is 0 Å². The molecule has 15 heavy (non-hydrogen) atoms. The van der Waals surface area contributed by atoms with Crippen molar-refractivity contribution in [2.75, 3.05) is 0 Å². The lowest BCUT2D eigenvalue weighted by Crippen LogP contribution is -2.53. The van der Waals surface area contributed by atoms with Crippen LogP contribution in [0.3, 0.4) is 0 Å². The molecule has 0 atom stereocenters. The quantitative estimate of drug-likeness (QED) is 0.495. The fourth-order valence-corrected chi connectivity index (χ4v) is 1.18. The van der Waals surface area contributed by atoms with Gasteiger partial charge in [0.05, 0.1) is 6.54 Å². The molecule has 0 aliphatic heterocycles. The largest absolute Gasteiger partial charge is 0.420 e. The maximum atomic E-state index is 11.5. The number of rotatable bonds is 3. The van der Waals surface area contributed by atoms with Crippen LogP contribution in [0.1, 0.15) is 6.92 Å². The average Bonchev–Trinajstić information content (AvgIpc) is 2.22. The number of aromatic nitrogens is 3. The summed E-state index contributed by atoms with van der Waals surface area (Å²) in [7, 11) is 0. The summed E-state index contributed by atoms with van der Waals surface area (Å²) in [4.78, 5) is 34.1. The van der Waals surface area contributed by atoms with E-state index in [9.17, 15) is 14.4 Å². The molecule has 0 aliphatic rings. The SMILES string of the molecule is C=CCn1c(=O)n(O)c(=O)n(CC)c1=O. The minimum atomic E-state index is -1.06. The maximum absolute atomic E-state index is 11.5. The monoisotopic (exact) mass is 213 g/mol. The van der Waals surface area contributed by atoms with Gasteiger partial charge >= 0.3 is 17.1 Å². The van der Waals surface area contributed by atoms with Crippen molar-refractivity contribution in [3.05, 3.63) is 44.1 Å². The third-order valence-electron chi connectivity index (χ3n) is 1.91. The normalized spacial score (nSPS) is 10.2. The third-order valence-corrected chi connectivity index (χ3v) is 1.91. The lowest BCUT2D eigenvalue weighted by atomic mass is 10.6. The predicted molar refractivity (Wildman–Crippen MR) is 52.3 cm³/mol. The highest BCUT2D eigenvalue weighted by Gasteiger charge is 2.11. The van der Waals surface area contributed by atoms with Crippen molar-refractivity contribution in [1.29, 1.82) is 0 Å². The minimum Gasteiger partial charge on any atom is -0.420 e. The van der Waals surface area contributed by atoms with Crippen molar-refractivity contribution < 1.29 is 5.21 Å². The van der Waals surface area contributed by atoms with E-state index in [1.807, 2.05) is 0 Å². The van der Waals surface area contributed by atoms with Crippen molar-refractivity contribution in [2.45, 2.75) is 20.0 Å². The van der Waals surface area contributed by atoms with E-state index < -0.39 is 17.1 Å².